The van der Waals surface area contributed by atoms with Crippen molar-refractivity contribution in [2.24, 2.45) is 5.41 Å². The molecule has 0 aliphatic carbocycles. The van der Waals surface area contributed by atoms with Gasteiger partial charge in [0.1, 0.15) is 5.82 Å². The molecule has 0 aliphatic rings. The SMILES string of the molecule is CC(C)(CCCO)CNc1nc(C(C)(C)C)ns1. The van der Waals surface area contributed by atoms with Gasteiger partial charge in [0, 0.05) is 30.1 Å². The molecule has 2 N–H and O–H groups in total. The molecule has 0 aliphatic heterocycles. The lowest BCUT2D eigenvalue weighted by Crippen LogP contribution is -2.23. The second kappa shape index (κ2) is 5.97. The molecule has 1 aromatic rings. The predicted molar refractivity (Wildman–Crippen MR) is 77.2 cm³/mol. The molecule has 0 aromatic carbocycles. The molecule has 5 heteroatoms. The highest BCUT2D eigenvalue weighted by Gasteiger charge is 2.21. The fourth-order valence-corrected chi connectivity index (χ4v) is 2.31. The predicted octanol–water partition coefficient (Wildman–Crippen LogP) is 3.05. The number of hydrogen-bond acceptors (Lipinski definition) is 5. The number of nitrogens with one attached hydrogen (secondary N) is 1. The van der Waals surface area contributed by atoms with Crippen LogP contribution in [-0.2, 0) is 5.41 Å². The largest absolute Gasteiger partial charge is 0.396 e. The van der Waals surface area contributed by atoms with Gasteiger partial charge in [-0.1, -0.05) is 34.6 Å². The summed E-state index contributed by atoms with van der Waals surface area (Å²) in [6, 6.07) is 0. The third kappa shape index (κ3) is 4.90. The maximum atomic E-state index is 8.87. The molecule has 1 rings (SSSR count). The average Bonchev–Trinajstić information content (AvgIpc) is 2.72. The summed E-state index contributed by atoms with van der Waals surface area (Å²) in [7, 11) is 0. The molecule has 1 heterocycles. The number of aromatic nitrogens is 2. The molecule has 0 unspecified atom stereocenters. The first-order valence-corrected chi connectivity index (χ1v) is 7.21. The van der Waals surface area contributed by atoms with Crippen molar-refractivity contribution in [3.63, 3.8) is 0 Å². The molecule has 0 saturated heterocycles. The van der Waals surface area contributed by atoms with Crippen LogP contribution in [0.3, 0.4) is 0 Å². The van der Waals surface area contributed by atoms with E-state index in [0.717, 1.165) is 30.3 Å². The van der Waals surface area contributed by atoms with Gasteiger partial charge in [-0.05, 0) is 18.3 Å². The quantitative estimate of drug-likeness (QED) is 0.835. The van der Waals surface area contributed by atoms with Crippen LogP contribution in [0.5, 0.6) is 0 Å². The van der Waals surface area contributed by atoms with Gasteiger partial charge in [0.05, 0.1) is 0 Å². The number of aliphatic hydroxyl groups excluding tert-OH is 1. The summed E-state index contributed by atoms with van der Waals surface area (Å²) < 4.78 is 4.38. The Morgan fingerprint density at radius 2 is 1.89 bits per heavy atom. The van der Waals surface area contributed by atoms with Crippen molar-refractivity contribution in [3.05, 3.63) is 5.82 Å². The molecule has 0 bridgehead atoms. The Morgan fingerprint density at radius 1 is 1.22 bits per heavy atom. The van der Waals surface area contributed by atoms with Gasteiger partial charge in [0.2, 0.25) is 5.13 Å². The number of anilines is 1. The zero-order valence-electron chi connectivity index (χ0n) is 12.1. The summed E-state index contributed by atoms with van der Waals surface area (Å²) in [5.41, 5.74) is 0.166. The molecule has 0 radical (unpaired) electrons. The van der Waals surface area contributed by atoms with E-state index in [1.807, 2.05) is 0 Å². The van der Waals surface area contributed by atoms with E-state index in [1.165, 1.54) is 11.5 Å². The lowest BCUT2D eigenvalue weighted by Gasteiger charge is -2.24. The minimum atomic E-state index is 0.00281. The van der Waals surface area contributed by atoms with E-state index in [0.29, 0.717) is 0 Å². The van der Waals surface area contributed by atoms with Crippen LogP contribution in [0.25, 0.3) is 0 Å². The van der Waals surface area contributed by atoms with Gasteiger partial charge in [-0.25, -0.2) is 4.98 Å². The Labute approximate surface area is 114 Å². The summed E-state index contributed by atoms with van der Waals surface area (Å²) in [6.07, 6.45) is 1.85. The first-order chi connectivity index (χ1) is 8.24. The molecule has 0 atom stereocenters. The molecule has 1 aromatic heterocycles. The van der Waals surface area contributed by atoms with Crippen LogP contribution in [-0.4, -0.2) is 27.6 Å². The number of aliphatic hydroxyl groups is 1. The van der Waals surface area contributed by atoms with E-state index in [4.69, 9.17) is 5.11 Å². The van der Waals surface area contributed by atoms with Gasteiger partial charge in [-0.3, -0.25) is 0 Å². The van der Waals surface area contributed by atoms with E-state index in [9.17, 15) is 0 Å². The van der Waals surface area contributed by atoms with Crippen LogP contribution in [0.1, 0.15) is 53.3 Å². The van der Waals surface area contributed by atoms with Crippen molar-refractivity contribution >= 4 is 16.7 Å². The summed E-state index contributed by atoms with van der Waals surface area (Å²) in [5, 5.41) is 13.1. The molecular weight excluding hydrogens is 246 g/mol. The third-order valence-corrected chi connectivity index (χ3v) is 3.50. The number of hydrogen-bond donors (Lipinski definition) is 2. The van der Waals surface area contributed by atoms with Crippen molar-refractivity contribution in [1.82, 2.24) is 9.36 Å². The maximum Gasteiger partial charge on any atom is 0.202 e. The van der Waals surface area contributed by atoms with Crippen LogP contribution in [0.2, 0.25) is 0 Å². The summed E-state index contributed by atoms with van der Waals surface area (Å²) in [4.78, 5) is 4.51. The molecule has 18 heavy (non-hydrogen) atoms. The minimum absolute atomic E-state index is 0.00281. The van der Waals surface area contributed by atoms with Crippen LogP contribution in [0.15, 0.2) is 0 Å². The van der Waals surface area contributed by atoms with Gasteiger partial charge >= 0.3 is 0 Å². The Kier molecular flexibility index (Phi) is 5.10. The molecule has 0 fully saturated rings. The lowest BCUT2D eigenvalue weighted by molar-refractivity contribution is 0.248. The first kappa shape index (κ1) is 15.4. The van der Waals surface area contributed by atoms with Crippen LogP contribution < -0.4 is 5.32 Å². The van der Waals surface area contributed by atoms with Gasteiger partial charge in [-0.15, -0.1) is 0 Å². The first-order valence-electron chi connectivity index (χ1n) is 6.43. The smallest absolute Gasteiger partial charge is 0.202 e. The minimum Gasteiger partial charge on any atom is -0.396 e. The normalized spacial score (nSPS) is 12.8. The topological polar surface area (TPSA) is 58.0 Å². The molecule has 0 spiro atoms. The maximum absolute atomic E-state index is 8.87. The zero-order chi connectivity index (χ0) is 13.8. The van der Waals surface area contributed by atoms with Crippen molar-refractivity contribution in [1.29, 1.82) is 0 Å². The molecule has 0 amide bonds. The van der Waals surface area contributed by atoms with Crippen molar-refractivity contribution in [3.8, 4) is 0 Å². The second-order valence-corrected chi connectivity index (χ2v) is 7.27. The highest BCUT2D eigenvalue weighted by molar-refractivity contribution is 7.09. The highest BCUT2D eigenvalue weighted by Crippen LogP contribution is 2.26. The van der Waals surface area contributed by atoms with Crippen molar-refractivity contribution in [2.45, 2.75) is 52.9 Å². The second-order valence-electron chi connectivity index (χ2n) is 6.52. The van der Waals surface area contributed by atoms with Gasteiger partial charge in [-0.2, -0.15) is 4.37 Å². The molecule has 104 valence electrons. The summed E-state index contributed by atoms with van der Waals surface area (Å²) >= 11 is 1.42. The molecular formula is C13H25N3OS. The van der Waals surface area contributed by atoms with E-state index < -0.39 is 0 Å². The summed E-state index contributed by atoms with van der Waals surface area (Å²) in [5.74, 6) is 0.892. The lowest BCUT2D eigenvalue weighted by atomic mass is 9.88. The Bertz CT molecular complexity index is 369. The van der Waals surface area contributed by atoms with Crippen molar-refractivity contribution < 1.29 is 5.11 Å². The van der Waals surface area contributed by atoms with Gasteiger partial charge < -0.3 is 10.4 Å². The van der Waals surface area contributed by atoms with E-state index >= 15 is 0 Å². The number of nitrogens with zero attached hydrogens (tertiary/aromatic N) is 2. The van der Waals surface area contributed by atoms with E-state index in [1.54, 1.807) is 0 Å². The number of rotatable bonds is 6. The average molecular weight is 271 g/mol. The van der Waals surface area contributed by atoms with Crippen LogP contribution in [0.4, 0.5) is 5.13 Å². The third-order valence-electron chi connectivity index (χ3n) is 2.83. The van der Waals surface area contributed by atoms with Crippen molar-refractivity contribution in [2.75, 3.05) is 18.5 Å². The zero-order valence-corrected chi connectivity index (χ0v) is 12.9. The van der Waals surface area contributed by atoms with Gasteiger partial charge in [0.25, 0.3) is 0 Å². The molecule has 4 nitrogen and oxygen atoms in total. The fourth-order valence-electron chi connectivity index (χ4n) is 1.56. The molecule has 0 saturated carbocycles. The van der Waals surface area contributed by atoms with Crippen LogP contribution >= 0.6 is 11.5 Å². The monoisotopic (exact) mass is 271 g/mol. The highest BCUT2D eigenvalue weighted by atomic mass is 32.1. The van der Waals surface area contributed by atoms with Gasteiger partial charge in [0.15, 0.2) is 0 Å². The fraction of sp³-hybridized carbons (Fsp3) is 0.846. The van der Waals surface area contributed by atoms with Crippen LogP contribution in [0, 0.1) is 5.41 Å². The Morgan fingerprint density at radius 3 is 2.39 bits per heavy atom. The standard InChI is InChI=1S/C13H25N3OS/c1-12(2,3)10-15-11(18-16-10)14-9-13(4,5)7-6-8-17/h17H,6-9H2,1-5H3,(H,14,15,16). The Balaban J connectivity index is 2.51. The Hall–Kier alpha value is -0.680. The van der Waals surface area contributed by atoms with E-state index in [-0.39, 0.29) is 17.4 Å². The summed E-state index contributed by atoms with van der Waals surface area (Å²) in [6.45, 7) is 11.9. The van der Waals surface area contributed by atoms with E-state index in [2.05, 4.69) is 49.3 Å².